The molecule has 0 bridgehead atoms. The first-order chi connectivity index (χ1) is 19.4. The summed E-state index contributed by atoms with van der Waals surface area (Å²) in [6.07, 6.45) is 1.60. The number of anilines is 2. The third-order valence-corrected chi connectivity index (χ3v) is 11.8. The summed E-state index contributed by atoms with van der Waals surface area (Å²) in [6, 6.07) is 18.5. The van der Waals surface area contributed by atoms with Crippen molar-refractivity contribution in [3.8, 4) is 11.5 Å². The van der Waals surface area contributed by atoms with Crippen LogP contribution in [0.15, 0.2) is 76.4 Å². The van der Waals surface area contributed by atoms with Crippen LogP contribution in [-0.4, -0.2) is 34.5 Å². The molecule has 41 heavy (non-hydrogen) atoms. The van der Waals surface area contributed by atoms with Gasteiger partial charge >= 0.3 is 11.4 Å². The van der Waals surface area contributed by atoms with E-state index in [4.69, 9.17) is 14.9 Å². The van der Waals surface area contributed by atoms with Crippen LogP contribution >= 0.6 is 0 Å². The van der Waals surface area contributed by atoms with Crippen LogP contribution in [0.25, 0.3) is 0 Å². The molecule has 0 saturated heterocycles. The Balaban J connectivity index is 1.67. The van der Waals surface area contributed by atoms with Crippen molar-refractivity contribution >= 4 is 20.1 Å². The molecule has 2 aromatic carbocycles. The molecule has 0 saturated carbocycles. The molecule has 0 unspecified atom stereocenters. The van der Waals surface area contributed by atoms with Gasteiger partial charge in [-0.25, -0.2) is 19.1 Å². The summed E-state index contributed by atoms with van der Waals surface area (Å²) >= 11 is 0. The molecule has 0 aliphatic rings. The van der Waals surface area contributed by atoms with Crippen molar-refractivity contribution in [3.63, 3.8) is 0 Å². The van der Waals surface area contributed by atoms with Gasteiger partial charge in [-0.3, -0.25) is 4.57 Å². The summed E-state index contributed by atoms with van der Waals surface area (Å²) in [5.41, 5.74) is 7.22. The number of aromatic nitrogens is 4. The monoisotopic (exact) mass is 574 g/mol. The molecular formula is C30H38N6O4Si. The smallest absolute Gasteiger partial charge is 0.355 e. The molecule has 11 heteroatoms. The number of nitrogens with zero attached hydrogens (tertiary/aromatic N) is 4. The van der Waals surface area contributed by atoms with E-state index in [9.17, 15) is 9.59 Å². The Morgan fingerprint density at radius 1 is 0.902 bits per heavy atom. The van der Waals surface area contributed by atoms with Gasteiger partial charge in [0.1, 0.15) is 17.3 Å². The van der Waals surface area contributed by atoms with E-state index in [0.717, 1.165) is 27.0 Å². The second-order valence-electron chi connectivity index (χ2n) is 11.4. The van der Waals surface area contributed by atoms with E-state index in [1.165, 1.54) is 4.57 Å². The summed E-state index contributed by atoms with van der Waals surface area (Å²) in [6.45, 7) is 11.5. The highest BCUT2D eigenvalue weighted by Crippen LogP contribution is 2.37. The standard InChI is InChI=1S/C30H38N6O4Si/c1-30(2,3)41(5,6)40-25-15-11-21(12-16-25)19-35-27(33-18-23-8-7-17-32-26(23)31)34-28(37)36(29(35)38)20-22-9-13-24(39-4)14-10-22/h7-17H,18-20H2,1-6H3,(H2,31,32)(H,33,34,37). The van der Waals surface area contributed by atoms with Gasteiger partial charge in [0.15, 0.2) is 0 Å². The zero-order chi connectivity index (χ0) is 29.8. The van der Waals surface area contributed by atoms with Crippen LogP contribution in [0.1, 0.15) is 37.5 Å². The Hall–Kier alpha value is -4.38. The van der Waals surface area contributed by atoms with Crippen LogP contribution in [0.4, 0.5) is 11.8 Å². The van der Waals surface area contributed by atoms with Gasteiger partial charge in [-0.2, -0.15) is 4.98 Å². The molecule has 0 aliphatic carbocycles. The largest absolute Gasteiger partial charge is 0.544 e. The molecule has 0 aliphatic heterocycles. The molecule has 2 aromatic heterocycles. The molecule has 2 heterocycles. The van der Waals surface area contributed by atoms with E-state index < -0.39 is 19.7 Å². The topological polar surface area (TPSA) is 126 Å². The highest BCUT2D eigenvalue weighted by molar-refractivity contribution is 6.74. The highest BCUT2D eigenvalue weighted by Gasteiger charge is 2.38. The van der Waals surface area contributed by atoms with Gasteiger partial charge in [-0.1, -0.05) is 51.1 Å². The van der Waals surface area contributed by atoms with Crippen LogP contribution in [0.3, 0.4) is 0 Å². The second-order valence-corrected chi connectivity index (χ2v) is 16.2. The molecule has 0 fully saturated rings. The molecule has 0 spiro atoms. The van der Waals surface area contributed by atoms with Crippen molar-refractivity contribution in [1.29, 1.82) is 0 Å². The minimum absolute atomic E-state index is 0.0699. The molecule has 0 amide bonds. The average Bonchev–Trinajstić information content (AvgIpc) is 2.93. The zero-order valence-corrected chi connectivity index (χ0v) is 25.5. The van der Waals surface area contributed by atoms with Crippen LogP contribution in [-0.2, 0) is 19.6 Å². The van der Waals surface area contributed by atoms with Gasteiger partial charge in [-0.05, 0) is 59.6 Å². The van der Waals surface area contributed by atoms with Crippen molar-refractivity contribution in [1.82, 2.24) is 19.1 Å². The van der Waals surface area contributed by atoms with E-state index in [1.54, 1.807) is 31.5 Å². The number of nitrogens with one attached hydrogen (secondary N) is 1. The summed E-state index contributed by atoms with van der Waals surface area (Å²) in [7, 11) is -0.414. The Morgan fingerprint density at radius 3 is 2.05 bits per heavy atom. The van der Waals surface area contributed by atoms with E-state index >= 15 is 0 Å². The first-order valence-corrected chi connectivity index (χ1v) is 16.3. The normalized spacial score (nSPS) is 11.8. The van der Waals surface area contributed by atoms with Gasteiger partial charge < -0.3 is 20.2 Å². The fourth-order valence-electron chi connectivity index (χ4n) is 3.92. The van der Waals surface area contributed by atoms with Gasteiger partial charge in [0.25, 0.3) is 0 Å². The Labute approximate surface area is 240 Å². The fraction of sp³-hybridized carbons (Fsp3) is 0.333. The SMILES string of the molecule is COc1ccc(Cn2c(=O)nc(NCc3cccnc3N)n(Cc3ccc(O[Si](C)(C)C(C)(C)C)cc3)c2=O)cc1. The lowest BCUT2D eigenvalue weighted by Crippen LogP contribution is -2.43. The van der Waals surface area contributed by atoms with Gasteiger partial charge in [0.2, 0.25) is 14.3 Å². The van der Waals surface area contributed by atoms with E-state index in [2.05, 4.69) is 49.1 Å². The average molecular weight is 575 g/mol. The molecule has 4 aromatic rings. The van der Waals surface area contributed by atoms with Crippen molar-refractivity contribution in [2.45, 2.75) is 58.5 Å². The maximum Gasteiger partial charge on any atom is 0.355 e. The number of ether oxygens (including phenoxy) is 1. The maximum absolute atomic E-state index is 13.8. The zero-order valence-electron chi connectivity index (χ0n) is 24.5. The van der Waals surface area contributed by atoms with Gasteiger partial charge in [0, 0.05) is 18.3 Å². The summed E-state index contributed by atoms with van der Waals surface area (Å²) in [5, 5.41) is 3.19. The van der Waals surface area contributed by atoms with Crippen molar-refractivity contribution in [3.05, 3.63) is 105 Å². The third-order valence-electron chi connectivity index (χ3n) is 7.46. The number of pyridine rings is 1. The van der Waals surface area contributed by atoms with Crippen molar-refractivity contribution < 1.29 is 9.16 Å². The van der Waals surface area contributed by atoms with E-state index in [-0.39, 0.29) is 30.6 Å². The van der Waals surface area contributed by atoms with Crippen molar-refractivity contribution in [2.75, 3.05) is 18.2 Å². The van der Waals surface area contributed by atoms with Gasteiger partial charge in [0.05, 0.1) is 20.2 Å². The molecular weight excluding hydrogens is 536 g/mol. The Kier molecular flexibility index (Phi) is 8.67. The lowest BCUT2D eigenvalue weighted by molar-refractivity contribution is 0.414. The third kappa shape index (κ3) is 7.04. The first kappa shape index (κ1) is 29.6. The number of methoxy groups -OCH3 is 1. The van der Waals surface area contributed by atoms with Crippen LogP contribution < -0.4 is 31.6 Å². The number of rotatable bonds is 10. The first-order valence-electron chi connectivity index (χ1n) is 13.4. The minimum atomic E-state index is -2.00. The highest BCUT2D eigenvalue weighted by atomic mass is 28.4. The minimum Gasteiger partial charge on any atom is -0.544 e. The molecule has 0 atom stereocenters. The predicted molar refractivity (Wildman–Crippen MR) is 164 cm³/mol. The number of nitrogens with two attached hydrogens (primary N) is 1. The maximum atomic E-state index is 13.8. The molecule has 3 N–H and O–H groups in total. The van der Waals surface area contributed by atoms with Crippen LogP contribution in [0.2, 0.25) is 18.1 Å². The summed E-state index contributed by atoms with van der Waals surface area (Å²) in [5.74, 6) is 1.99. The summed E-state index contributed by atoms with van der Waals surface area (Å²) in [4.78, 5) is 35.2. The molecule has 4 rings (SSSR count). The molecule has 10 nitrogen and oxygen atoms in total. The predicted octanol–water partition coefficient (Wildman–Crippen LogP) is 4.48. The van der Waals surface area contributed by atoms with Crippen molar-refractivity contribution in [2.24, 2.45) is 0 Å². The van der Waals surface area contributed by atoms with E-state index in [0.29, 0.717) is 11.6 Å². The Morgan fingerprint density at radius 2 is 1.49 bits per heavy atom. The molecule has 0 radical (unpaired) electrons. The quantitative estimate of drug-likeness (QED) is 0.266. The second kappa shape index (κ2) is 12.0. The van der Waals surface area contributed by atoms with E-state index in [1.807, 2.05) is 42.5 Å². The lowest BCUT2D eigenvalue weighted by Gasteiger charge is -2.36. The van der Waals surface area contributed by atoms with Gasteiger partial charge in [-0.15, -0.1) is 0 Å². The number of hydrogen-bond donors (Lipinski definition) is 2. The number of nitrogen functional groups attached to an aromatic ring is 1. The molecule has 216 valence electrons. The number of hydrogen-bond acceptors (Lipinski definition) is 8. The lowest BCUT2D eigenvalue weighted by atomic mass is 10.2. The fourth-order valence-corrected chi connectivity index (χ4v) is 4.95. The Bertz CT molecular complexity index is 1610. The van der Waals surface area contributed by atoms with Crippen LogP contribution in [0.5, 0.6) is 11.5 Å². The van der Waals surface area contributed by atoms with Crippen LogP contribution in [0, 0.1) is 0 Å². The summed E-state index contributed by atoms with van der Waals surface area (Å²) < 4.78 is 14.2. The number of benzene rings is 2.